The topological polar surface area (TPSA) is 93.9 Å². The average Bonchev–Trinajstić information content (AvgIpc) is 3.73. The van der Waals surface area contributed by atoms with Gasteiger partial charge in [0, 0.05) is 24.4 Å². The predicted octanol–water partition coefficient (Wildman–Crippen LogP) is 6.16. The van der Waals surface area contributed by atoms with Crippen LogP contribution in [0.4, 0.5) is 4.79 Å². The lowest BCUT2D eigenvalue weighted by Crippen LogP contribution is -2.46. The number of carbonyl (C=O) groups is 2. The van der Waals surface area contributed by atoms with Gasteiger partial charge in [0.1, 0.15) is 12.6 Å². The fourth-order valence-electron chi connectivity index (χ4n) is 5.96. The van der Waals surface area contributed by atoms with Gasteiger partial charge >= 0.3 is 6.09 Å². The van der Waals surface area contributed by atoms with Gasteiger partial charge < -0.3 is 19.2 Å². The fourth-order valence-corrected chi connectivity index (χ4v) is 5.96. The zero-order valence-electron chi connectivity index (χ0n) is 24.1. The highest BCUT2D eigenvalue weighted by Gasteiger charge is 2.42. The first-order chi connectivity index (χ1) is 20.3. The van der Waals surface area contributed by atoms with Gasteiger partial charge in [-0.3, -0.25) is 9.69 Å². The average molecular weight is 566 g/mol. The lowest BCUT2D eigenvalue weighted by atomic mass is 9.98. The van der Waals surface area contributed by atoms with E-state index in [4.69, 9.17) is 13.9 Å². The molecule has 2 amide bonds. The van der Waals surface area contributed by atoms with E-state index in [0.717, 1.165) is 22.3 Å². The number of likely N-dealkylation sites (tertiary alicyclic amines) is 1. The number of ether oxygens (including phenoxy) is 2. The van der Waals surface area contributed by atoms with Crippen molar-refractivity contribution >= 4 is 12.0 Å². The molecule has 2 atom stereocenters. The van der Waals surface area contributed by atoms with E-state index in [2.05, 4.69) is 34.6 Å². The maximum absolute atomic E-state index is 13.5. The highest BCUT2D eigenvalue weighted by atomic mass is 16.6. The van der Waals surface area contributed by atoms with Crippen molar-refractivity contribution in [3.63, 3.8) is 0 Å². The van der Waals surface area contributed by atoms with Gasteiger partial charge in [0.15, 0.2) is 12.2 Å². The Hall–Kier alpha value is -4.43. The van der Waals surface area contributed by atoms with Crippen LogP contribution in [0.25, 0.3) is 22.5 Å². The number of rotatable bonds is 7. The van der Waals surface area contributed by atoms with E-state index in [0.29, 0.717) is 18.7 Å². The molecule has 6 rings (SSSR count). The van der Waals surface area contributed by atoms with Gasteiger partial charge in [-0.05, 0) is 48.6 Å². The predicted molar refractivity (Wildman–Crippen MR) is 159 cm³/mol. The van der Waals surface area contributed by atoms with Crippen LogP contribution < -0.4 is 5.32 Å². The van der Waals surface area contributed by atoms with Gasteiger partial charge in [0.2, 0.25) is 5.91 Å². The summed E-state index contributed by atoms with van der Waals surface area (Å²) in [5, 5.41) is 3.01. The molecule has 4 aromatic rings. The van der Waals surface area contributed by atoms with E-state index in [-0.39, 0.29) is 31.1 Å². The Morgan fingerprint density at radius 1 is 0.976 bits per heavy atom. The highest BCUT2D eigenvalue weighted by molar-refractivity contribution is 5.86. The minimum Gasteiger partial charge on any atom is -0.448 e. The Bertz CT molecular complexity index is 1510. The number of amides is 2. The van der Waals surface area contributed by atoms with E-state index in [9.17, 15) is 9.59 Å². The number of carbonyl (C=O) groups excluding carboxylic acids is 2. The second-order valence-corrected chi connectivity index (χ2v) is 11.8. The Kier molecular flexibility index (Phi) is 7.56. The quantitative estimate of drug-likeness (QED) is 0.288. The molecular weight excluding hydrogens is 530 g/mol. The molecule has 0 unspecified atom stereocenters. The van der Waals surface area contributed by atoms with Crippen molar-refractivity contribution in [2.75, 3.05) is 13.2 Å². The molecule has 2 heterocycles. The summed E-state index contributed by atoms with van der Waals surface area (Å²) < 4.78 is 17.5. The third kappa shape index (κ3) is 5.81. The van der Waals surface area contributed by atoms with Crippen LogP contribution in [-0.4, -0.2) is 52.8 Å². The number of nitrogens with zero attached hydrogens (tertiary/aromatic N) is 2. The first-order valence-corrected chi connectivity index (χ1v) is 14.3. The largest absolute Gasteiger partial charge is 0.448 e. The number of benzene rings is 3. The second kappa shape index (κ2) is 11.4. The van der Waals surface area contributed by atoms with Crippen LogP contribution in [0.2, 0.25) is 0 Å². The molecule has 1 N–H and O–H groups in total. The third-order valence-electron chi connectivity index (χ3n) is 7.79. The Morgan fingerprint density at radius 3 is 2.26 bits per heavy atom. The lowest BCUT2D eigenvalue weighted by Gasteiger charge is -2.25. The van der Waals surface area contributed by atoms with Crippen molar-refractivity contribution in [2.24, 2.45) is 0 Å². The molecule has 1 saturated heterocycles. The van der Waals surface area contributed by atoms with Gasteiger partial charge in [0.05, 0.1) is 24.4 Å². The summed E-state index contributed by atoms with van der Waals surface area (Å²) in [5.41, 5.74) is 6.05. The van der Waals surface area contributed by atoms with Gasteiger partial charge in [0.25, 0.3) is 0 Å². The maximum Gasteiger partial charge on any atom is 0.410 e. The molecule has 42 heavy (non-hydrogen) atoms. The minimum atomic E-state index is -0.693. The van der Waals surface area contributed by atoms with E-state index in [1.807, 2.05) is 69.3 Å². The monoisotopic (exact) mass is 565 g/mol. The second-order valence-electron chi connectivity index (χ2n) is 11.8. The molecule has 8 heteroatoms. The zero-order valence-corrected chi connectivity index (χ0v) is 24.1. The molecular formula is C34H35N3O5. The Morgan fingerprint density at radius 2 is 1.64 bits per heavy atom. The van der Waals surface area contributed by atoms with Crippen molar-refractivity contribution in [1.29, 1.82) is 0 Å². The molecule has 2 aliphatic rings. The normalized spacial score (nSPS) is 18.0. The molecule has 1 aromatic heterocycles. The molecule has 1 fully saturated rings. The molecule has 1 aliphatic heterocycles. The molecule has 3 aromatic carbocycles. The molecule has 0 saturated carbocycles. The van der Waals surface area contributed by atoms with E-state index in [1.54, 1.807) is 6.20 Å². The van der Waals surface area contributed by atoms with Crippen LogP contribution in [0, 0.1) is 0 Å². The summed E-state index contributed by atoms with van der Waals surface area (Å²) in [5.74, 6) is 0.390. The minimum absolute atomic E-state index is 0.0576. The molecule has 0 spiro atoms. The van der Waals surface area contributed by atoms with Crippen molar-refractivity contribution in [1.82, 2.24) is 15.2 Å². The van der Waals surface area contributed by atoms with Crippen molar-refractivity contribution in [3.05, 3.63) is 102 Å². The smallest absolute Gasteiger partial charge is 0.410 e. The lowest BCUT2D eigenvalue weighted by molar-refractivity contribution is -0.125. The van der Waals surface area contributed by atoms with Crippen LogP contribution in [0.5, 0.6) is 0 Å². The summed E-state index contributed by atoms with van der Waals surface area (Å²) >= 11 is 0. The van der Waals surface area contributed by atoms with Crippen molar-refractivity contribution < 1.29 is 23.5 Å². The summed E-state index contributed by atoms with van der Waals surface area (Å²) in [4.78, 5) is 32.4. The third-order valence-corrected chi connectivity index (χ3v) is 7.79. The number of hydrogen-bond acceptors (Lipinski definition) is 6. The van der Waals surface area contributed by atoms with Gasteiger partial charge in [-0.1, -0.05) is 72.8 Å². The molecule has 8 nitrogen and oxygen atoms in total. The van der Waals surface area contributed by atoms with Gasteiger partial charge in [-0.25, -0.2) is 9.78 Å². The SMILES string of the molecule is CC(C)(C)O[C@@H]1C[C@H](C(=O)NCc2ccc(-c3cnco3)cc2)N(C(=O)OCC2c3ccccc3-c3ccccc32)C1. The molecule has 1 aliphatic carbocycles. The standard InChI is InChI=1S/C34H35N3O5/c1-34(2,3)42-24-16-30(32(38)36-17-22-12-14-23(15-13-22)31-18-35-21-41-31)37(19-24)33(39)40-20-29-27-10-6-4-8-25(27)26-9-5-7-11-28(26)29/h4-15,18,21,24,29-30H,16-17,19-20H2,1-3H3,(H,36,38)/t24-,30-/m1/s1. The van der Waals surface area contributed by atoms with Crippen molar-refractivity contribution in [3.8, 4) is 22.5 Å². The number of fused-ring (bicyclic) bond motifs is 3. The Labute approximate surface area is 245 Å². The van der Waals surface area contributed by atoms with Crippen LogP contribution in [0.1, 0.15) is 49.8 Å². The maximum atomic E-state index is 13.5. The highest BCUT2D eigenvalue weighted by Crippen LogP contribution is 2.44. The molecule has 0 radical (unpaired) electrons. The zero-order chi connectivity index (χ0) is 29.3. The van der Waals surface area contributed by atoms with Crippen LogP contribution >= 0.6 is 0 Å². The first-order valence-electron chi connectivity index (χ1n) is 14.3. The summed E-state index contributed by atoms with van der Waals surface area (Å²) in [6, 6.07) is 23.5. The van der Waals surface area contributed by atoms with Gasteiger partial charge in [-0.15, -0.1) is 0 Å². The number of oxazole rings is 1. The Balaban J connectivity index is 1.13. The van der Waals surface area contributed by atoms with Gasteiger partial charge in [-0.2, -0.15) is 0 Å². The number of hydrogen-bond donors (Lipinski definition) is 1. The van der Waals surface area contributed by atoms with E-state index < -0.39 is 17.7 Å². The van der Waals surface area contributed by atoms with Crippen LogP contribution in [0.15, 0.2) is 89.8 Å². The molecule has 216 valence electrons. The number of nitrogens with one attached hydrogen (secondary N) is 1. The van der Waals surface area contributed by atoms with E-state index in [1.165, 1.54) is 22.4 Å². The summed E-state index contributed by atoms with van der Waals surface area (Å²) in [6.45, 7) is 6.73. The fraction of sp³-hybridized carbons (Fsp3) is 0.324. The van der Waals surface area contributed by atoms with Crippen LogP contribution in [-0.2, 0) is 20.8 Å². The van der Waals surface area contributed by atoms with Crippen molar-refractivity contribution in [2.45, 2.75) is 57.4 Å². The summed E-state index contributed by atoms with van der Waals surface area (Å²) in [6.07, 6.45) is 2.67. The number of aromatic nitrogens is 1. The first kappa shape index (κ1) is 27.7. The summed E-state index contributed by atoms with van der Waals surface area (Å²) in [7, 11) is 0. The molecule has 0 bridgehead atoms. The van der Waals surface area contributed by atoms with Crippen LogP contribution in [0.3, 0.4) is 0 Å². The van der Waals surface area contributed by atoms with E-state index >= 15 is 0 Å².